The molecule has 0 unspecified atom stereocenters. The minimum atomic E-state index is -0.0908. The molecule has 5 heteroatoms. The molecular weight excluding hydrogens is 366 g/mol. The van der Waals surface area contributed by atoms with Crippen molar-refractivity contribution in [3.63, 3.8) is 0 Å². The maximum Gasteiger partial charge on any atom is 0.123 e. The summed E-state index contributed by atoms with van der Waals surface area (Å²) < 4.78 is 2.18. The Morgan fingerprint density at radius 2 is 1.57 bits per heavy atom. The minimum Gasteiger partial charge on any atom is -0.507 e. The van der Waals surface area contributed by atoms with E-state index in [2.05, 4.69) is 80.6 Å². The van der Waals surface area contributed by atoms with E-state index in [0.717, 1.165) is 41.2 Å². The van der Waals surface area contributed by atoms with Gasteiger partial charge in [0.05, 0.1) is 5.69 Å². The number of phenolic OH excluding ortho intramolecular Hbond substituents is 1. The summed E-state index contributed by atoms with van der Waals surface area (Å²) >= 11 is 1.86. The minimum absolute atomic E-state index is 0.0908. The Morgan fingerprint density at radius 1 is 0.964 bits per heavy atom. The van der Waals surface area contributed by atoms with Crippen molar-refractivity contribution in [3.05, 3.63) is 48.0 Å². The summed E-state index contributed by atoms with van der Waals surface area (Å²) in [6.07, 6.45) is 6.79. The fraction of sp³-hybridized carbons (Fsp3) is 0.478. The third-order valence-electron chi connectivity index (χ3n) is 4.90. The quantitative estimate of drug-likeness (QED) is 0.432. The number of thioether (sulfide) groups is 1. The van der Waals surface area contributed by atoms with Crippen LogP contribution >= 0.6 is 11.8 Å². The van der Waals surface area contributed by atoms with Gasteiger partial charge in [0.1, 0.15) is 17.8 Å². The van der Waals surface area contributed by atoms with Crippen molar-refractivity contribution in [2.45, 2.75) is 70.2 Å². The molecule has 0 radical (unpaired) electrons. The average Bonchev–Trinajstić information content (AvgIpc) is 3.05. The smallest absolute Gasteiger partial charge is 0.123 e. The van der Waals surface area contributed by atoms with Crippen molar-refractivity contribution in [3.8, 4) is 17.1 Å². The fourth-order valence-electron chi connectivity index (χ4n) is 3.29. The van der Waals surface area contributed by atoms with Gasteiger partial charge in [0.2, 0.25) is 0 Å². The first-order chi connectivity index (χ1) is 13.1. The summed E-state index contributed by atoms with van der Waals surface area (Å²) in [5, 5.41) is 10.8. The standard InChI is InChI=1S/C23H31N3OS/c1-22(2,3)17-12-16(13-18(21(17)27)23(4,5)6)28-11-7-9-26-10-8-19-20(14-26)25-15-24-19/h8,10,12-15,27H,7,9,11H2,1-6H3. The Morgan fingerprint density at radius 3 is 2.18 bits per heavy atom. The van der Waals surface area contributed by atoms with E-state index in [4.69, 9.17) is 0 Å². The highest BCUT2D eigenvalue weighted by molar-refractivity contribution is 7.99. The Labute approximate surface area is 172 Å². The number of aryl methyl sites for hydroxylation is 1. The first-order valence-corrected chi connectivity index (χ1v) is 10.8. The SMILES string of the molecule is CC(C)(C)c1cc(SCCCn2ccc3ncnc-3c2)cc(C(C)(C)C)c1O. The number of nitrogens with zero attached hydrogens (tertiary/aromatic N) is 3. The van der Waals surface area contributed by atoms with Gasteiger partial charge in [0.15, 0.2) is 0 Å². The first-order valence-electron chi connectivity index (χ1n) is 9.83. The number of pyridine rings is 1. The number of hydrogen-bond acceptors (Lipinski definition) is 4. The lowest BCUT2D eigenvalue weighted by molar-refractivity contribution is 0.422. The van der Waals surface area contributed by atoms with E-state index in [1.54, 1.807) is 6.33 Å². The van der Waals surface area contributed by atoms with E-state index in [1.807, 2.05) is 17.8 Å². The molecule has 2 aliphatic heterocycles. The van der Waals surface area contributed by atoms with Gasteiger partial charge in [-0.25, -0.2) is 9.97 Å². The van der Waals surface area contributed by atoms with Crippen LogP contribution in [0.2, 0.25) is 0 Å². The second kappa shape index (κ2) is 7.78. The molecule has 2 heterocycles. The Bertz CT molecular complexity index is 883. The molecule has 0 bridgehead atoms. The van der Waals surface area contributed by atoms with Crippen LogP contribution < -0.4 is 0 Å². The van der Waals surface area contributed by atoms with Crippen LogP contribution in [-0.4, -0.2) is 25.4 Å². The molecule has 0 spiro atoms. The van der Waals surface area contributed by atoms with E-state index in [9.17, 15) is 5.11 Å². The van der Waals surface area contributed by atoms with Crippen molar-refractivity contribution >= 4 is 11.8 Å². The highest BCUT2D eigenvalue weighted by atomic mass is 32.2. The highest BCUT2D eigenvalue weighted by Gasteiger charge is 2.26. The summed E-state index contributed by atoms with van der Waals surface area (Å²) in [6.45, 7) is 13.9. The maximum atomic E-state index is 10.8. The molecular formula is C23H31N3OS. The predicted molar refractivity (Wildman–Crippen MR) is 117 cm³/mol. The van der Waals surface area contributed by atoms with E-state index < -0.39 is 0 Å². The average molecular weight is 398 g/mol. The molecule has 0 saturated heterocycles. The number of imidazole rings is 1. The van der Waals surface area contributed by atoms with Crippen LogP contribution in [0.3, 0.4) is 0 Å². The number of hydrogen-bond donors (Lipinski definition) is 1. The number of benzene rings is 1. The van der Waals surface area contributed by atoms with Gasteiger partial charge >= 0.3 is 0 Å². The molecule has 0 saturated carbocycles. The molecule has 28 heavy (non-hydrogen) atoms. The molecule has 0 aromatic heterocycles. The van der Waals surface area contributed by atoms with Crippen LogP contribution in [0.1, 0.15) is 59.1 Å². The summed E-state index contributed by atoms with van der Waals surface area (Å²) in [4.78, 5) is 9.71. The Hall–Kier alpha value is -2.01. The maximum absolute atomic E-state index is 10.8. The zero-order valence-electron chi connectivity index (χ0n) is 17.8. The highest BCUT2D eigenvalue weighted by Crippen LogP contribution is 2.41. The fourth-order valence-corrected chi connectivity index (χ4v) is 4.20. The number of fused-ring (bicyclic) bond motifs is 1. The molecule has 1 aromatic rings. The normalized spacial score (nSPS) is 12.6. The third-order valence-corrected chi connectivity index (χ3v) is 5.96. The van der Waals surface area contributed by atoms with Gasteiger partial charge < -0.3 is 9.67 Å². The van der Waals surface area contributed by atoms with Crippen molar-refractivity contribution in [1.29, 1.82) is 0 Å². The summed E-state index contributed by atoms with van der Waals surface area (Å²) in [5.74, 6) is 1.47. The van der Waals surface area contributed by atoms with E-state index >= 15 is 0 Å². The molecule has 0 aliphatic carbocycles. The summed E-state index contributed by atoms with van der Waals surface area (Å²) in [6, 6.07) is 6.34. The van der Waals surface area contributed by atoms with Gasteiger partial charge in [-0.3, -0.25) is 0 Å². The van der Waals surface area contributed by atoms with Crippen LogP contribution in [0.5, 0.6) is 5.75 Å². The predicted octanol–water partition coefficient (Wildman–Crippen LogP) is 5.87. The largest absolute Gasteiger partial charge is 0.507 e. The molecule has 150 valence electrons. The molecule has 1 N–H and O–H groups in total. The van der Waals surface area contributed by atoms with Crippen LogP contribution in [0.4, 0.5) is 0 Å². The molecule has 0 amide bonds. The molecule has 1 aromatic carbocycles. The monoisotopic (exact) mass is 397 g/mol. The van der Waals surface area contributed by atoms with Crippen LogP contribution in [-0.2, 0) is 17.4 Å². The zero-order valence-corrected chi connectivity index (χ0v) is 18.6. The van der Waals surface area contributed by atoms with Crippen LogP contribution in [0, 0.1) is 0 Å². The molecule has 2 aliphatic rings. The number of rotatable bonds is 5. The van der Waals surface area contributed by atoms with Crippen molar-refractivity contribution < 1.29 is 5.11 Å². The Kier molecular flexibility index (Phi) is 5.76. The van der Waals surface area contributed by atoms with Gasteiger partial charge in [-0.05, 0) is 41.2 Å². The van der Waals surface area contributed by atoms with E-state index in [-0.39, 0.29) is 10.8 Å². The second-order valence-electron chi connectivity index (χ2n) is 9.40. The van der Waals surface area contributed by atoms with Crippen molar-refractivity contribution in [2.75, 3.05) is 5.75 Å². The van der Waals surface area contributed by atoms with E-state index in [1.165, 1.54) is 4.90 Å². The third kappa shape index (κ3) is 4.69. The molecule has 4 nitrogen and oxygen atoms in total. The lowest BCUT2D eigenvalue weighted by Gasteiger charge is -2.28. The molecule has 3 rings (SSSR count). The van der Waals surface area contributed by atoms with Crippen molar-refractivity contribution in [2.24, 2.45) is 0 Å². The van der Waals surface area contributed by atoms with Crippen LogP contribution in [0.15, 0.2) is 41.8 Å². The zero-order chi connectivity index (χ0) is 20.5. The molecule has 0 fully saturated rings. The van der Waals surface area contributed by atoms with Gasteiger partial charge in [0, 0.05) is 35.0 Å². The number of aromatic hydroxyl groups is 1. The van der Waals surface area contributed by atoms with Crippen molar-refractivity contribution in [1.82, 2.24) is 14.5 Å². The lowest BCUT2D eigenvalue weighted by Crippen LogP contribution is -2.17. The second-order valence-corrected chi connectivity index (χ2v) is 10.6. The van der Waals surface area contributed by atoms with Crippen LogP contribution in [0.25, 0.3) is 11.4 Å². The molecule has 0 atom stereocenters. The first kappa shape index (κ1) is 20.7. The van der Waals surface area contributed by atoms with Gasteiger partial charge in [-0.2, -0.15) is 0 Å². The van der Waals surface area contributed by atoms with Gasteiger partial charge in [0.25, 0.3) is 0 Å². The lowest BCUT2D eigenvalue weighted by atomic mass is 9.79. The topological polar surface area (TPSA) is 50.9 Å². The number of phenols is 1. The van der Waals surface area contributed by atoms with E-state index in [0.29, 0.717) is 5.75 Å². The Balaban J connectivity index is 1.70. The van der Waals surface area contributed by atoms with Gasteiger partial charge in [-0.15, -0.1) is 11.8 Å². The summed E-state index contributed by atoms with van der Waals surface area (Å²) in [7, 11) is 0. The number of aromatic nitrogens is 3. The summed E-state index contributed by atoms with van der Waals surface area (Å²) in [5.41, 5.74) is 3.76. The van der Waals surface area contributed by atoms with Gasteiger partial charge in [-0.1, -0.05) is 41.5 Å².